The van der Waals surface area contributed by atoms with Crippen LogP contribution in [0.5, 0.6) is 0 Å². The molecule has 0 unspecified atom stereocenters. The number of hydrogen-bond acceptors (Lipinski definition) is 4. The predicted octanol–water partition coefficient (Wildman–Crippen LogP) is 1.50. The molecule has 1 aliphatic carbocycles. The molecule has 140 valence electrons. The lowest BCUT2D eigenvalue weighted by Gasteiger charge is -2.40. The van der Waals surface area contributed by atoms with Crippen LogP contribution in [0.1, 0.15) is 39.5 Å². The van der Waals surface area contributed by atoms with E-state index in [4.69, 9.17) is 0 Å². The van der Waals surface area contributed by atoms with Crippen LogP contribution in [-0.4, -0.2) is 45.5 Å². The number of aliphatic imine (C=N–C) groups is 1. The van der Waals surface area contributed by atoms with Crippen LogP contribution in [0.4, 0.5) is 0 Å². The number of rotatable bonds is 9. The fourth-order valence-corrected chi connectivity index (χ4v) is 3.84. The fraction of sp³-hybridized carbons (Fsp3) is 0.647. The van der Waals surface area contributed by atoms with Crippen LogP contribution in [0.25, 0.3) is 0 Å². The molecule has 0 radical (unpaired) electrons. The second-order valence-corrected chi connectivity index (χ2v) is 8.18. The molecular formula is C17H29N5O2S. The zero-order chi connectivity index (χ0) is 18.2. The van der Waals surface area contributed by atoms with Crippen molar-refractivity contribution in [1.82, 2.24) is 20.3 Å². The summed E-state index contributed by atoms with van der Waals surface area (Å²) in [5.74, 6) is 0.739. The van der Waals surface area contributed by atoms with Gasteiger partial charge in [0.15, 0.2) is 5.96 Å². The van der Waals surface area contributed by atoms with Crippen LogP contribution in [0.2, 0.25) is 0 Å². The van der Waals surface area contributed by atoms with Crippen molar-refractivity contribution in [3.8, 4) is 0 Å². The van der Waals surface area contributed by atoms with Crippen LogP contribution < -0.4 is 15.4 Å². The van der Waals surface area contributed by atoms with E-state index in [0.717, 1.165) is 25.5 Å². The Morgan fingerprint density at radius 3 is 2.64 bits per heavy atom. The van der Waals surface area contributed by atoms with E-state index in [9.17, 15) is 8.42 Å². The lowest BCUT2D eigenvalue weighted by molar-refractivity contribution is 0.139. The van der Waals surface area contributed by atoms with Gasteiger partial charge in [-0.15, -0.1) is 0 Å². The summed E-state index contributed by atoms with van der Waals surface area (Å²) in [7, 11) is -3.52. The molecule has 0 bridgehead atoms. The minimum Gasteiger partial charge on any atom is -0.357 e. The number of sulfonamides is 1. The van der Waals surface area contributed by atoms with Gasteiger partial charge in [0.2, 0.25) is 10.0 Å². The summed E-state index contributed by atoms with van der Waals surface area (Å²) in [4.78, 5) is 8.69. The van der Waals surface area contributed by atoms with Crippen LogP contribution in [0.15, 0.2) is 34.4 Å². The van der Waals surface area contributed by atoms with Gasteiger partial charge in [-0.05, 0) is 43.7 Å². The SMILES string of the molecule is CCNC(=NCC1(CC)CCC1)NCCNS(=O)(=O)c1cccnc1. The van der Waals surface area contributed by atoms with E-state index < -0.39 is 10.0 Å². The van der Waals surface area contributed by atoms with Gasteiger partial charge in [0.25, 0.3) is 0 Å². The number of nitrogens with one attached hydrogen (secondary N) is 3. The van der Waals surface area contributed by atoms with Crippen molar-refractivity contribution in [2.24, 2.45) is 10.4 Å². The maximum atomic E-state index is 12.1. The first-order valence-electron chi connectivity index (χ1n) is 8.93. The highest BCUT2D eigenvalue weighted by Gasteiger charge is 2.34. The van der Waals surface area contributed by atoms with E-state index in [1.165, 1.54) is 31.5 Å². The molecule has 3 N–H and O–H groups in total. The first-order valence-corrected chi connectivity index (χ1v) is 10.4. The second kappa shape index (κ2) is 9.15. The normalized spacial score (nSPS) is 17.0. The third kappa shape index (κ3) is 5.67. The summed E-state index contributed by atoms with van der Waals surface area (Å²) in [5, 5.41) is 6.39. The van der Waals surface area contributed by atoms with Gasteiger partial charge in [-0.1, -0.05) is 13.3 Å². The number of nitrogens with zero attached hydrogens (tertiary/aromatic N) is 2. The molecule has 25 heavy (non-hydrogen) atoms. The molecule has 0 aliphatic heterocycles. The number of aromatic nitrogens is 1. The first-order chi connectivity index (χ1) is 12.0. The number of hydrogen-bond donors (Lipinski definition) is 3. The number of guanidine groups is 1. The molecule has 1 aliphatic rings. The Morgan fingerprint density at radius 1 is 1.28 bits per heavy atom. The van der Waals surface area contributed by atoms with Gasteiger partial charge in [0, 0.05) is 38.6 Å². The number of pyridine rings is 1. The standard InChI is InChI=1S/C17H29N5O2S/c1-3-17(8-6-9-17)14-21-16(19-4-2)20-11-12-22-25(23,24)15-7-5-10-18-13-15/h5,7,10,13,22H,3-4,6,8-9,11-12,14H2,1-2H3,(H2,19,20,21). The van der Waals surface area contributed by atoms with Gasteiger partial charge < -0.3 is 10.6 Å². The highest BCUT2D eigenvalue weighted by molar-refractivity contribution is 7.89. The van der Waals surface area contributed by atoms with Crippen molar-refractivity contribution in [2.45, 2.75) is 44.4 Å². The van der Waals surface area contributed by atoms with Crippen molar-refractivity contribution in [2.75, 3.05) is 26.2 Å². The van der Waals surface area contributed by atoms with Crippen LogP contribution >= 0.6 is 0 Å². The van der Waals surface area contributed by atoms with E-state index in [0.29, 0.717) is 12.0 Å². The molecular weight excluding hydrogens is 338 g/mol. The Labute approximate surface area is 150 Å². The van der Waals surface area contributed by atoms with Crippen LogP contribution in [0.3, 0.4) is 0 Å². The quantitative estimate of drug-likeness (QED) is 0.349. The minimum atomic E-state index is -3.52. The maximum Gasteiger partial charge on any atom is 0.242 e. The average Bonchev–Trinajstić information content (AvgIpc) is 2.58. The minimum absolute atomic E-state index is 0.172. The van der Waals surface area contributed by atoms with Crippen molar-refractivity contribution in [3.63, 3.8) is 0 Å². The molecule has 1 saturated carbocycles. The Kier molecular flexibility index (Phi) is 7.19. The third-order valence-corrected chi connectivity index (χ3v) is 6.18. The molecule has 0 atom stereocenters. The highest BCUT2D eigenvalue weighted by Crippen LogP contribution is 2.43. The zero-order valence-corrected chi connectivity index (χ0v) is 15.9. The maximum absolute atomic E-state index is 12.1. The largest absolute Gasteiger partial charge is 0.357 e. The fourth-order valence-electron chi connectivity index (χ4n) is 2.84. The summed E-state index contributed by atoms with van der Waals surface area (Å²) in [6.45, 7) is 6.57. The Bertz CT molecular complexity index is 651. The van der Waals surface area contributed by atoms with Gasteiger partial charge in [0.1, 0.15) is 4.90 Å². The van der Waals surface area contributed by atoms with Crippen LogP contribution in [0, 0.1) is 5.41 Å². The average molecular weight is 368 g/mol. The lowest BCUT2D eigenvalue weighted by atomic mass is 9.67. The van der Waals surface area contributed by atoms with Crippen LogP contribution in [-0.2, 0) is 10.0 Å². The molecule has 0 spiro atoms. The van der Waals surface area contributed by atoms with E-state index in [1.54, 1.807) is 12.3 Å². The van der Waals surface area contributed by atoms with Gasteiger partial charge in [-0.3, -0.25) is 9.98 Å². The smallest absolute Gasteiger partial charge is 0.242 e. The molecule has 0 aromatic carbocycles. The first kappa shape index (κ1) is 19.7. The van der Waals surface area contributed by atoms with E-state index >= 15 is 0 Å². The van der Waals surface area contributed by atoms with Gasteiger partial charge in [0.05, 0.1) is 0 Å². The monoisotopic (exact) mass is 367 g/mol. The molecule has 1 heterocycles. The molecule has 1 fully saturated rings. The van der Waals surface area contributed by atoms with E-state index in [-0.39, 0.29) is 11.4 Å². The molecule has 1 aromatic heterocycles. The van der Waals surface area contributed by atoms with Gasteiger partial charge >= 0.3 is 0 Å². The Morgan fingerprint density at radius 2 is 2.08 bits per heavy atom. The van der Waals surface area contributed by atoms with Gasteiger partial charge in [-0.25, -0.2) is 13.1 Å². The van der Waals surface area contributed by atoms with Crippen molar-refractivity contribution < 1.29 is 8.42 Å². The van der Waals surface area contributed by atoms with Gasteiger partial charge in [-0.2, -0.15) is 0 Å². The summed E-state index contributed by atoms with van der Waals surface area (Å²) in [5.41, 5.74) is 0.365. The summed E-state index contributed by atoms with van der Waals surface area (Å²) < 4.78 is 26.8. The Hall–Kier alpha value is -1.67. The second-order valence-electron chi connectivity index (χ2n) is 6.42. The predicted molar refractivity (Wildman–Crippen MR) is 100.0 cm³/mol. The molecule has 0 amide bonds. The molecule has 1 aromatic rings. The molecule has 7 nitrogen and oxygen atoms in total. The topological polar surface area (TPSA) is 95.5 Å². The zero-order valence-electron chi connectivity index (χ0n) is 15.1. The summed E-state index contributed by atoms with van der Waals surface area (Å²) >= 11 is 0. The summed E-state index contributed by atoms with van der Waals surface area (Å²) in [6, 6.07) is 3.13. The molecule has 0 saturated heterocycles. The van der Waals surface area contributed by atoms with E-state index in [1.807, 2.05) is 6.92 Å². The summed E-state index contributed by atoms with van der Waals surface area (Å²) in [6.07, 6.45) is 7.83. The highest BCUT2D eigenvalue weighted by atomic mass is 32.2. The Balaban J connectivity index is 1.81. The molecule has 8 heteroatoms. The van der Waals surface area contributed by atoms with E-state index in [2.05, 4.69) is 32.3 Å². The third-order valence-electron chi connectivity index (χ3n) is 4.74. The van der Waals surface area contributed by atoms with Crippen molar-refractivity contribution in [3.05, 3.63) is 24.5 Å². The van der Waals surface area contributed by atoms with Crippen molar-refractivity contribution in [1.29, 1.82) is 0 Å². The molecule has 2 rings (SSSR count). The van der Waals surface area contributed by atoms with Crippen molar-refractivity contribution >= 4 is 16.0 Å². The lowest BCUT2D eigenvalue weighted by Crippen LogP contribution is -2.42.